The van der Waals surface area contributed by atoms with Crippen LogP contribution < -0.4 is 0 Å². The van der Waals surface area contributed by atoms with E-state index in [1.807, 2.05) is 0 Å². The van der Waals surface area contributed by atoms with Crippen LogP contribution in [0.25, 0.3) is 0 Å². The van der Waals surface area contributed by atoms with E-state index < -0.39 is 0 Å². The van der Waals surface area contributed by atoms with Gasteiger partial charge in [0.2, 0.25) is 0 Å². The van der Waals surface area contributed by atoms with Gasteiger partial charge >= 0.3 is 0 Å². The van der Waals surface area contributed by atoms with Crippen molar-refractivity contribution >= 4 is 16.8 Å². The third kappa shape index (κ3) is 2.74. The van der Waals surface area contributed by atoms with Crippen molar-refractivity contribution in [2.75, 3.05) is 13.1 Å². The summed E-state index contributed by atoms with van der Waals surface area (Å²) in [5.74, 6) is 0. The highest BCUT2D eigenvalue weighted by Gasteiger charge is 2.16. The smallest absolute Gasteiger partial charge is 0.125 e. The summed E-state index contributed by atoms with van der Waals surface area (Å²) in [7, 11) is 0. The van der Waals surface area contributed by atoms with Gasteiger partial charge in [-0.15, -0.1) is 0 Å². The van der Waals surface area contributed by atoms with Crippen molar-refractivity contribution in [2.45, 2.75) is 40.0 Å². The van der Waals surface area contributed by atoms with Crippen LogP contribution in [0.3, 0.4) is 0 Å². The number of rotatable bonds is 4. The largest absolute Gasteiger partial charge is 0.367 e. The molecule has 0 saturated carbocycles. The lowest BCUT2D eigenvalue weighted by Crippen LogP contribution is -2.31. The molecule has 0 atom stereocenters. The standard InChI is InChI=1S/C11H19ClN2/c1-4-6-7-14-8-11(12)13-10(5-2)9(14)3/h4-8H2,1-3H3. The molecule has 0 aromatic rings. The van der Waals surface area contributed by atoms with E-state index in [4.69, 9.17) is 11.6 Å². The first-order chi connectivity index (χ1) is 6.69. The second-order valence-corrected chi connectivity index (χ2v) is 4.09. The predicted molar refractivity (Wildman–Crippen MR) is 62.8 cm³/mol. The summed E-state index contributed by atoms with van der Waals surface area (Å²) in [6.07, 6.45) is 3.41. The Morgan fingerprint density at radius 2 is 2.14 bits per heavy atom. The molecule has 0 radical (unpaired) electrons. The van der Waals surface area contributed by atoms with Crippen molar-refractivity contribution in [3.8, 4) is 0 Å². The number of halogens is 1. The Bertz CT molecular complexity index is 256. The summed E-state index contributed by atoms with van der Waals surface area (Å²) in [5, 5.41) is 0.726. The minimum absolute atomic E-state index is 0.726. The van der Waals surface area contributed by atoms with Gasteiger partial charge in [-0.25, -0.2) is 4.99 Å². The summed E-state index contributed by atoms with van der Waals surface area (Å²) in [5.41, 5.74) is 2.43. The van der Waals surface area contributed by atoms with E-state index >= 15 is 0 Å². The van der Waals surface area contributed by atoms with E-state index in [9.17, 15) is 0 Å². The molecule has 0 aromatic carbocycles. The van der Waals surface area contributed by atoms with Crippen LogP contribution in [0.5, 0.6) is 0 Å². The molecule has 2 nitrogen and oxygen atoms in total. The van der Waals surface area contributed by atoms with Gasteiger partial charge < -0.3 is 4.90 Å². The monoisotopic (exact) mass is 214 g/mol. The van der Waals surface area contributed by atoms with Crippen molar-refractivity contribution in [3.63, 3.8) is 0 Å². The SMILES string of the molecule is CCCCN1CC(Cl)=NC(CC)=C1C. The quantitative estimate of drug-likeness (QED) is 0.701. The number of aliphatic imine (C=N–C) groups is 1. The number of hydrogen-bond acceptors (Lipinski definition) is 2. The molecular formula is C11H19ClN2. The third-order valence-corrected chi connectivity index (χ3v) is 2.79. The van der Waals surface area contributed by atoms with Crippen LogP contribution in [0.1, 0.15) is 40.0 Å². The fourth-order valence-corrected chi connectivity index (χ4v) is 1.90. The Labute approximate surface area is 91.7 Å². The summed E-state index contributed by atoms with van der Waals surface area (Å²) in [6.45, 7) is 8.35. The Kier molecular flexibility index (Phi) is 4.46. The Balaban J connectivity index is 2.71. The lowest BCUT2D eigenvalue weighted by molar-refractivity contribution is 0.372. The number of nitrogens with zero attached hydrogens (tertiary/aromatic N) is 2. The molecule has 0 N–H and O–H groups in total. The van der Waals surface area contributed by atoms with Crippen molar-refractivity contribution < 1.29 is 0 Å². The van der Waals surface area contributed by atoms with Crippen LogP contribution in [0.15, 0.2) is 16.4 Å². The highest BCUT2D eigenvalue weighted by molar-refractivity contribution is 6.66. The van der Waals surface area contributed by atoms with Crippen molar-refractivity contribution in [2.24, 2.45) is 4.99 Å². The maximum absolute atomic E-state index is 6.00. The summed E-state index contributed by atoms with van der Waals surface area (Å²) in [6, 6.07) is 0. The first kappa shape index (κ1) is 11.6. The zero-order valence-corrected chi connectivity index (χ0v) is 10.1. The lowest BCUT2D eigenvalue weighted by Gasteiger charge is -2.29. The molecule has 1 heterocycles. The molecule has 0 saturated heterocycles. The summed E-state index contributed by atoms with van der Waals surface area (Å²) in [4.78, 5) is 6.69. The normalized spacial score (nSPS) is 17.4. The van der Waals surface area contributed by atoms with Crippen LogP contribution in [0.4, 0.5) is 0 Å². The van der Waals surface area contributed by atoms with Crippen LogP contribution in [-0.4, -0.2) is 23.2 Å². The van der Waals surface area contributed by atoms with Crippen molar-refractivity contribution in [1.29, 1.82) is 0 Å². The molecule has 14 heavy (non-hydrogen) atoms. The molecule has 1 aliphatic heterocycles. The molecule has 0 aromatic heterocycles. The van der Waals surface area contributed by atoms with Gasteiger partial charge in [0, 0.05) is 12.2 Å². The summed E-state index contributed by atoms with van der Waals surface area (Å²) >= 11 is 6.00. The molecular weight excluding hydrogens is 196 g/mol. The molecule has 0 amide bonds. The minimum Gasteiger partial charge on any atom is -0.367 e. The first-order valence-corrected chi connectivity index (χ1v) is 5.74. The zero-order chi connectivity index (χ0) is 10.6. The number of allylic oxidation sites excluding steroid dienone is 2. The van der Waals surface area contributed by atoms with E-state index in [2.05, 4.69) is 30.7 Å². The Morgan fingerprint density at radius 1 is 1.43 bits per heavy atom. The molecule has 3 heteroatoms. The molecule has 80 valence electrons. The molecule has 0 spiro atoms. The van der Waals surface area contributed by atoms with Gasteiger partial charge in [0.25, 0.3) is 0 Å². The van der Waals surface area contributed by atoms with Crippen molar-refractivity contribution in [1.82, 2.24) is 4.90 Å². The second kappa shape index (κ2) is 5.40. The van der Waals surface area contributed by atoms with E-state index in [0.29, 0.717) is 0 Å². The Morgan fingerprint density at radius 3 is 2.71 bits per heavy atom. The molecule has 0 aliphatic carbocycles. The van der Waals surface area contributed by atoms with Crippen LogP contribution in [-0.2, 0) is 0 Å². The molecule has 0 fully saturated rings. The topological polar surface area (TPSA) is 15.6 Å². The van der Waals surface area contributed by atoms with Gasteiger partial charge in [-0.3, -0.25) is 0 Å². The van der Waals surface area contributed by atoms with E-state index in [0.717, 1.165) is 30.4 Å². The fraction of sp³-hybridized carbons (Fsp3) is 0.727. The minimum atomic E-state index is 0.726. The average Bonchev–Trinajstić information content (AvgIpc) is 2.18. The third-order valence-electron chi connectivity index (χ3n) is 2.59. The lowest BCUT2D eigenvalue weighted by atomic mass is 10.2. The van der Waals surface area contributed by atoms with Gasteiger partial charge in [-0.1, -0.05) is 31.9 Å². The second-order valence-electron chi connectivity index (χ2n) is 3.65. The van der Waals surface area contributed by atoms with Gasteiger partial charge in [0.1, 0.15) is 5.17 Å². The average molecular weight is 215 g/mol. The first-order valence-electron chi connectivity index (χ1n) is 5.36. The molecule has 0 bridgehead atoms. The predicted octanol–water partition coefficient (Wildman–Crippen LogP) is 3.38. The van der Waals surface area contributed by atoms with Crippen LogP contribution >= 0.6 is 11.6 Å². The van der Waals surface area contributed by atoms with E-state index in [1.54, 1.807) is 0 Å². The van der Waals surface area contributed by atoms with Crippen LogP contribution in [0, 0.1) is 0 Å². The van der Waals surface area contributed by atoms with Gasteiger partial charge in [-0.05, 0) is 19.8 Å². The Hall–Kier alpha value is -0.500. The fourth-order valence-electron chi connectivity index (χ4n) is 1.65. The molecule has 1 rings (SSSR count). The molecule has 0 unspecified atom stereocenters. The van der Waals surface area contributed by atoms with E-state index in [1.165, 1.54) is 18.5 Å². The maximum Gasteiger partial charge on any atom is 0.125 e. The van der Waals surface area contributed by atoms with Gasteiger partial charge in [0.15, 0.2) is 0 Å². The summed E-state index contributed by atoms with van der Waals surface area (Å²) < 4.78 is 0. The number of unbranched alkanes of at least 4 members (excludes halogenated alkanes) is 1. The van der Waals surface area contributed by atoms with Gasteiger partial charge in [0.05, 0.1) is 12.2 Å². The highest BCUT2D eigenvalue weighted by Crippen LogP contribution is 2.20. The highest BCUT2D eigenvalue weighted by atomic mass is 35.5. The van der Waals surface area contributed by atoms with Gasteiger partial charge in [-0.2, -0.15) is 0 Å². The number of hydrogen-bond donors (Lipinski definition) is 0. The maximum atomic E-state index is 6.00. The van der Waals surface area contributed by atoms with Crippen LogP contribution in [0.2, 0.25) is 0 Å². The zero-order valence-electron chi connectivity index (χ0n) is 9.31. The van der Waals surface area contributed by atoms with Crippen molar-refractivity contribution in [3.05, 3.63) is 11.4 Å². The molecule has 1 aliphatic rings. The van der Waals surface area contributed by atoms with E-state index in [-0.39, 0.29) is 0 Å².